The first-order valence-electron chi connectivity index (χ1n) is 44.7. The zero-order valence-electron chi connectivity index (χ0n) is 72.2. The fraction of sp³-hybridized carbons (Fsp3) is 0.227. The molecule has 16 aromatic rings. The van der Waals surface area contributed by atoms with Crippen molar-refractivity contribution in [3.05, 3.63) is 391 Å². The molecule has 2 fully saturated rings. The predicted octanol–water partition coefficient (Wildman–Crippen LogP) is 34.4. The van der Waals surface area contributed by atoms with Crippen molar-refractivity contribution in [1.82, 2.24) is 0 Å². The Bertz CT molecular complexity index is 6500. The summed E-state index contributed by atoms with van der Waals surface area (Å²) < 4.78 is 0. The van der Waals surface area contributed by atoms with Crippen LogP contribution in [0, 0.1) is 11.8 Å². The van der Waals surface area contributed by atoms with Gasteiger partial charge in [0.05, 0.1) is 28.4 Å². The van der Waals surface area contributed by atoms with E-state index in [0.29, 0.717) is 17.8 Å². The molecule has 2 nitrogen and oxygen atoms in total. The van der Waals surface area contributed by atoms with E-state index < -0.39 is 0 Å². The van der Waals surface area contributed by atoms with E-state index in [1.165, 1.54) is 183 Å². The van der Waals surface area contributed by atoms with Gasteiger partial charge in [0.1, 0.15) is 0 Å². The second-order valence-electron chi connectivity index (χ2n) is 38.0. The highest BCUT2D eigenvalue weighted by Crippen LogP contribution is 2.57. The fourth-order valence-corrected chi connectivity index (χ4v) is 21.0. The quantitative estimate of drug-likeness (QED) is 0.0951. The monoisotopic (exact) mass is 1570 g/mol. The van der Waals surface area contributed by atoms with Crippen molar-refractivity contribution in [2.45, 2.75) is 161 Å². The second-order valence-corrected chi connectivity index (χ2v) is 38.0. The van der Waals surface area contributed by atoms with Crippen molar-refractivity contribution in [2.24, 2.45) is 11.8 Å². The third-order valence-corrected chi connectivity index (χ3v) is 27.3. The minimum absolute atomic E-state index is 0.0177. The van der Waals surface area contributed by atoms with E-state index in [4.69, 9.17) is 0 Å². The van der Waals surface area contributed by atoms with Crippen molar-refractivity contribution >= 4 is 72.5 Å². The maximum absolute atomic E-state index is 2.64. The molecule has 598 valence electrons. The SMILES string of the molecule is CC1C=Cc2cccc(-c3ccccc3N(c3ccc(C(C)(C)C)cc3)c3cc(-c4cccc5cc(C6CCCCC6c6cccc7cccc(-c8ccccc8N(c8ccccc8-c8cc(C(C)(C)C)cc(C(C)(C)C)c8)c8cc(-c9cccc%10ccccc9%10)ccc8-c8ccccc8)c67)ccc45)ccc3-c3ccccc3)c2C1C1CCCCC1. The molecule has 121 heavy (non-hydrogen) atoms. The first kappa shape index (κ1) is 78.5. The molecule has 0 aliphatic heterocycles. The largest absolute Gasteiger partial charge is 0.309 e. The highest BCUT2D eigenvalue weighted by atomic mass is 15.2. The molecule has 3 aliphatic carbocycles. The summed E-state index contributed by atoms with van der Waals surface area (Å²) in [5.74, 6) is 2.11. The molecule has 4 atom stereocenters. The number of anilines is 6. The van der Waals surface area contributed by atoms with Crippen molar-refractivity contribution in [2.75, 3.05) is 9.80 Å². The lowest BCUT2D eigenvalue weighted by molar-refractivity contribution is 0.271. The molecule has 0 bridgehead atoms. The van der Waals surface area contributed by atoms with E-state index in [1.54, 1.807) is 0 Å². The van der Waals surface area contributed by atoms with Gasteiger partial charge in [0.2, 0.25) is 0 Å². The van der Waals surface area contributed by atoms with Gasteiger partial charge in [-0.1, -0.05) is 417 Å². The highest BCUT2D eigenvalue weighted by molar-refractivity contribution is 6.08. The minimum atomic E-state index is -0.0911. The Morgan fingerprint density at radius 2 is 0.744 bits per heavy atom. The number of benzene rings is 16. The van der Waals surface area contributed by atoms with Crippen LogP contribution in [-0.4, -0.2) is 0 Å². The highest BCUT2D eigenvalue weighted by Gasteiger charge is 2.37. The molecule has 16 aromatic carbocycles. The topological polar surface area (TPSA) is 6.48 Å². The van der Waals surface area contributed by atoms with E-state index in [0.717, 1.165) is 58.0 Å². The van der Waals surface area contributed by atoms with Gasteiger partial charge in [0, 0.05) is 33.5 Å². The molecule has 2 heteroatoms. The van der Waals surface area contributed by atoms with E-state index in [-0.39, 0.29) is 28.1 Å². The predicted molar refractivity (Wildman–Crippen MR) is 520 cm³/mol. The number of allylic oxidation sites excluding steroid dienone is 1. The lowest BCUT2D eigenvalue weighted by atomic mass is 9.66. The Labute approximate surface area is 719 Å². The summed E-state index contributed by atoms with van der Waals surface area (Å²) in [4.78, 5) is 5.24. The summed E-state index contributed by atoms with van der Waals surface area (Å²) in [6.07, 6.45) is 16.1. The zero-order chi connectivity index (χ0) is 82.7. The van der Waals surface area contributed by atoms with Gasteiger partial charge in [-0.25, -0.2) is 0 Å². The van der Waals surface area contributed by atoms with Crippen molar-refractivity contribution in [1.29, 1.82) is 0 Å². The van der Waals surface area contributed by atoms with E-state index in [9.17, 15) is 0 Å². The minimum Gasteiger partial charge on any atom is -0.309 e. The number of para-hydroxylation sites is 3. The van der Waals surface area contributed by atoms with Gasteiger partial charge in [-0.05, 0) is 235 Å². The molecule has 4 unspecified atom stereocenters. The molecule has 0 amide bonds. The molecule has 0 heterocycles. The number of nitrogens with zero attached hydrogens (tertiary/aromatic N) is 2. The Balaban J connectivity index is 0.752. The van der Waals surface area contributed by atoms with Crippen LogP contribution in [-0.2, 0) is 16.2 Å². The Morgan fingerprint density at radius 3 is 1.37 bits per heavy atom. The van der Waals surface area contributed by atoms with E-state index in [1.807, 2.05) is 0 Å². The molecule has 3 aliphatic rings. The molecule has 19 rings (SSSR count). The fourth-order valence-electron chi connectivity index (χ4n) is 21.0. The molecule has 0 N–H and O–H groups in total. The smallest absolute Gasteiger partial charge is 0.0546 e. The van der Waals surface area contributed by atoms with Gasteiger partial charge in [-0.2, -0.15) is 0 Å². The van der Waals surface area contributed by atoms with Crippen LogP contribution < -0.4 is 9.80 Å². The van der Waals surface area contributed by atoms with E-state index >= 15 is 0 Å². The van der Waals surface area contributed by atoms with Crippen LogP contribution in [0.2, 0.25) is 0 Å². The van der Waals surface area contributed by atoms with Crippen molar-refractivity contribution < 1.29 is 0 Å². The van der Waals surface area contributed by atoms with Crippen LogP contribution >= 0.6 is 0 Å². The first-order chi connectivity index (χ1) is 58.9. The van der Waals surface area contributed by atoms with Gasteiger partial charge in [0.25, 0.3) is 0 Å². The average Bonchev–Trinajstić information content (AvgIpc) is 0.742. The summed E-state index contributed by atoms with van der Waals surface area (Å²) in [6.45, 7) is 23.6. The molecule has 0 aromatic heterocycles. The van der Waals surface area contributed by atoms with E-state index in [2.05, 4.69) is 437 Å². The lowest BCUT2D eigenvalue weighted by Crippen LogP contribution is -2.24. The Kier molecular flexibility index (Phi) is 21.2. The Morgan fingerprint density at radius 1 is 0.281 bits per heavy atom. The molecule has 0 saturated heterocycles. The van der Waals surface area contributed by atoms with Gasteiger partial charge < -0.3 is 9.80 Å². The summed E-state index contributed by atoms with van der Waals surface area (Å²) in [7, 11) is 0. The first-order valence-corrected chi connectivity index (χ1v) is 44.7. The summed E-state index contributed by atoms with van der Waals surface area (Å²) in [5, 5.41) is 7.58. The van der Waals surface area contributed by atoms with Gasteiger partial charge in [-0.3, -0.25) is 0 Å². The van der Waals surface area contributed by atoms with Crippen molar-refractivity contribution in [3.8, 4) is 77.9 Å². The van der Waals surface area contributed by atoms with Gasteiger partial charge in [0.15, 0.2) is 0 Å². The zero-order valence-corrected chi connectivity index (χ0v) is 72.2. The lowest BCUT2D eigenvalue weighted by Gasteiger charge is -2.38. The van der Waals surface area contributed by atoms with Crippen molar-refractivity contribution in [3.63, 3.8) is 0 Å². The number of hydrogen-bond acceptors (Lipinski definition) is 2. The maximum atomic E-state index is 2.64. The number of fused-ring (bicyclic) bond motifs is 4. The van der Waals surface area contributed by atoms with Crippen LogP contribution in [0.5, 0.6) is 0 Å². The third kappa shape index (κ3) is 15.3. The van der Waals surface area contributed by atoms with Crippen LogP contribution in [0.4, 0.5) is 34.1 Å². The normalized spacial score (nSPS) is 16.5. The average molecular weight is 1570 g/mol. The summed E-state index contributed by atoms with van der Waals surface area (Å²) in [5.41, 5.74) is 33.2. The van der Waals surface area contributed by atoms with Crippen LogP contribution in [0.1, 0.15) is 184 Å². The molecular weight excluding hydrogens is 1460 g/mol. The third-order valence-electron chi connectivity index (χ3n) is 27.3. The van der Waals surface area contributed by atoms with Gasteiger partial charge >= 0.3 is 0 Å². The number of rotatable bonds is 16. The molecule has 0 spiro atoms. The molecule has 0 radical (unpaired) electrons. The molecule has 2 saturated carbocycles. The van der Waals surface area contributed by atoms with Crippen LogP contribution in [0.3, 0.4) is 0 Å². The van der Waals surface area contributed by atoms with Crippen LogP contribution in [0.25, 0.3) is 116 Å². The molecular formula is C119H112N2. The van der Waals surface area contributed by atoms with Crippen LogP contribution in [0.15, 0.2) is 352 Å². The van der Waals surface area contributed by atoms with Gasteiger partial charge in [-0.15, -0.1) is 0 Å². The Hall–Kier alpha value is -12.4. The second kappa shape index (κ2) is 32.6. The summed E-state index contributed by atoms with van der Waals surface area (Å²) in [6, 6.07) is 133. The standard InChI is InChI=1S/C119H112N2/c1-79-61-62-85-45-33-57-108(116(85)114(79)83-40-18-13-19-41-83)105-52-25-28-59-110(105)120(94-68-66-91(67-69-94)117(2,3)4)112-76-88(64-71-101(112)81-35-14-11-15-36-81)97-54-34-46-86-73-87(63-70-99(86)97)98-48-22-23-50-103(98)106-55-31-43-84-44-32-56-107(115(84)106)104-51-26-29-60-111(104)121(109-58-27-24-49-100(109)90-74-92(118(5,6)7)78-93(75-90)119(8,9)10)113-77-89(65-72-102(113)82-37-16-12-17-38-82)96-53-30-42-80-39-20-21-47-95(80)96/h11-12,14-17,20-21,24-39,42-47,49,51-79,83,98,103,114H,13,18-19,22-23,40-41,48,50H2,1-10H3. The summed E-state index contributed by atoms with van der Waals surface area (Å²) >= 11 is 0. The number of hydrogen-bond donors (Lipinski definition) is 0. The maximum Gasteiger partial charge on any atom is 0.0546 e.